The Labute approximate surface area is 85.2 Å². The Morgan fingerprint density at radius 3 is 2.46 bits per heavy atom. The van der Waals surface area contributed by atoms with Crippen LogP contribution >= 0.6 is 12.2 Å². The summed E-state index contributed by atoms with van der Waals surface area (Å²) in [6.07, 6.45) is 0. The van der Waals surface area contributed by atoms with Crippen molar-refractivity contribution in [3.05, 3.63) is 35.9 Å². The molecule has 0 radical (unpaired) electrons. The summed E-state index contributed by atoms with van der Waals surface area (Å²) in [4.78, 5) is 0.842. The molecule has 0 fully saturated rings. The molecule has 0 unspecified atom stereocenters. The second-order valence-corrected chi connectivity index (χ2v) is 3.88. The molecular formula is C11H15NS. The lowest BCUT2D eigenvalue weighted by molar-refractivity contribution is 0.628. The van der Waals surface area contributed by atoms with E-state index in [1.807, 2.05) is 30.3 Å². The van der Waals surface area contributed by atoms with Gasteiger partial charge in [0.1, 0.15) is 4.99 Å². The predicted octanol–water partition coefficient (Wildman–Crippen LogP) is 2.61. The molecule has 0 aliphatic carbocycles. The highest BCUT2D eigenvalue weighted by molar-refractivity contribution is 7.80. The van der Waals surface area contributed by atoms with Crippen molar-refractivity contribution in [1.82, 2.24) is 5.32 Å². The van der Waals surface area contributed by atoms with Crippen LogP contribution in [0, 0.1) is 5.92 Å². The monoisotopic (exact) mass is 193 g/mol. The van der Waals surface area contributed by atoms with Gasteiger partial charge < -0.3 is 5.32 Å². The zero-order chi connectivity index (χ0) is 9.68. The van der Waals surface area contributed by atoms with Crippen LogP contribution in [0.4, 0.5) is 0 Å². The normalized spacial score (nSPS) is 10.1. The van der Waals surface area contributed by atoms with E-state index in [0.29, 0.717) is 5.92 Å². The topological polar surface area (TPSA) is 12.0 Å². The first-order valence-electron chi connectivity index (χ1n) is 4.53. The van der Waals surface area contributed by atoms with Crippen molar-refractivity contribution in [3.63, 3.8) is 0 Å². The second-order valence-electron chi connectivity index (χ2n) is 3.47. The third-order valence-corrected chi connectivity index (χ3v) is 2.09. The van der Waals surface area contributed by atoms with E-state index in [1.165, 1.54) is 0 Å². The highest BCUT2D eigenvalue weighted by Gasteiger charge is 1.99. The predicted molar refractivity (Wildman–Crippen MR) is 61.0 cm³/mol. The van der Waals surface area contributed by atoms with Crippen molar-refractivity contribution in [2.24, 2.45) is 5.92 Å². The van der Waals surface area contributed by atoms with Crippen LogP contribution in [0.1, 0.15) is 19.4 Å². The molecule has 1 aromatic carbocycles. The molecule has 13 heavy (non-hydrogen) atoms. The van der Waals surface area contributed by atoms with Crippen LogP contribution in [-0.2, 0) is 0 Å². The van der Waals surface area contributed by atoms with Gasteiger partial charge in [0.2, 0.25) is 0 Å². The number of hydrogen-bond acceptors (Lipinski definition) is 1. The van der Waals surface area contributed by atoms with Crippen molar-refractivity contribution < 1.29 is 0 Å². The quantitative estimate of drug-likeness (QED) is 0.741. The van der Waals surface area contributed by atoms with E-state index in [4.69, 9.17) is 12.2 Å². The fourth-order valence-electron chi connectivity index (χ4n) is 0.988. The molecule has 1 rings (SSSR count). The third-order valence-electron chi connectivity index (χ3n) is 1.71. The molecule has 0 bridgehead atoms. The summed E-state index contributed by atoms with van der Waals surface area (Å²) >= 11 is 5.23. The van der Waals surface area contributed by atoms with E-state index >= 15 is 0 Å². The molecule has 0 atom stereocenters. The van der Waals surface area contributed by atoms with E-state index in [-0.39, 0.29) is 0 Å². The molecule has 0 aromatic heterocycles. The van der Waals surface area contributed by atoms with Gasteiger partial charge in [-0.05, 0) is 5.92 Å². The number of hydrogen-bond donors (Lipinski definition) is 1. The molecule has 0 saturated carbocycles. The fraction of sp³-hybridized carbons (Fsp3) is 0.364. The van der Waals surface area contributed by atoms with Crippen molar-refractivity contribution >= 4 is 17.2 Å². The lowest BCUT2D eigenvalue weighted by atomic mass is 10.2. The van der Waals surface area contributed by atoms with Gasteiger partial charge in [0.25, 0.3) is 0 Å². The first kappa shape index (κ1) is 10.2. The minimum Gasteiger partial charge on any atom is -0.376 e. The van der Waals surface area contributed by atoms with Gasteiger partial charge in [-0.2, -0.15) is 0 Å². The molecular weight excluding hydrogens is 178 g/mol. The molecule has 0 heterocycles. The first-order valence-corrected chi connectivity index (χ1v) is 4.94. The molecule has 70 valence electrons. The van der Waals surface area contributed by atoms with E-state index in [9.17, 15) is 0 Å². The summed E-state index contributed by atoms with van der Waals surface area (Å²) < 4.78 is 0. The standard InChI is InChI=1S/C11H15NS/c1-9(2)8-12-11(13)10-6-4-3-5-7-10/h3-7,9H,8H2,1-2H3,(H,12,13). The highest BCUT2D eigenvalue weighted by atomic mass is 32.1. The molecule has 0 saturated heterocycles. The van der Waals surface area contributed by atoms with Crippen LogP contribution < -0.4 is 5.32 Å². The Morgan fingerprint density at radius 1 is 1.31 bits per heavy atom. The molecule has 2 heteroatoms. The fourth-order valence-corrected chi connectivity index (χ4v) is 1.21. The summed E-state index contributed by atoms with van der Waals surface area (Å²) in [5.74, 6) is 0.627. The Balaban J connectivity index is 2.50. The van der Waals surface area contributed by atoms with Gasteiger partial charge in [-0.15, -0.1) is 0 Å². The van der Waals surface area contributed by atoms with Gasteiger partial charge in [0.05, 0.1) is 0 Å². The summed E-state index contributed by atoms with van der Waals surface area (Å²) in [5, 5.41) is 3.23. The van der Waals surface area contributed by atoms with Gasteiger partial charge in [0, 0.05) is 12.1 Å². The zero-order valence-electron chi connectivity index (χ0n) is 8.08. The minimum atomic E-state index is 0.627. The second kappa shape index (κ2) is 4.97. The zero-order valence-corrected chi connectivity index (χ0v) is 8.90. The van der Waals surface area contributed by atoms with E-state index in [0.717, 1.165) is 17.1 Å². The van der Waals surface area contributed by atoms with E-state index in [1.54, 1.807) is 0 Å². The van der Waals surface area contributed by atoms with Gasteiger partial charge in [0.15, 0.2) is 0 Å². The summed E-state index contributed by atoms with van der Waals surface area (Å²) in [6.45, 7) is 5.27. The lowest BCUT2D eigenvalue weighted by Gasteiger charge is -2.09. The maximum atomic E-state index is 5.23. The highest BCUT2D eigenvalue weighted by Crippen LogP contribution is 1.99. The molecule has 0 amide bonds. The van der Waals surface area contributed by atoms with Gasteiger partial charge in [-0.3, -0.25) is 0 Å². The lowest BCUT2D eigenvalue weighted by Crippen LogP contribution is -2.26. The summed E-state index contributed by atoms with van der Waals surface area (Å²) in [6, 6.07) is 10.0. The van der Waals surface area contributed by atoms with Crippen LogP contribution in [0.15, 0.2) is 30.3 Å². The molecule has 0 aliphatic rings. The minimum absolute atomic E-state index is 0.627. The molecule has 0 aliphatic heterocycles. The van der Waals surface area contributed by atoms with Crippen LogP contribution in [-0.4, -0.2) is 11.5 Å². The van der Waals surface area contributed by atoms with Crippen molar-refractivity contribution in [2.75, 3.05) is 6.54 Å². The first-order chi connectivity index (χ1) is 6.20. The number of nitrogens with one attached hydrogen (secondary N) is 1. The van der Waals surface area contributed by atoms with Crippen molar-refractivity contribution in [3.8, 4) is 0 Å². The third kappa shape index (κ3) is 3.55. The van der Waals surface area contributed by atoms with Crippen LogP contribution in [0.2, 0.25) is 0 Å². The number of benzene rings is 1. The Bertz CT molecular complexity index is 267. The maximum Gasteiger partial charge on any atom is 0.106 e. The van der Waals surface area contributed by atoms with Gasteiger partial charge in [-0.25, -0.2) is 0 Å². The average molecular weight is 193 g/mol. The Kier molecular flexibility index (Phi) is 3.90. The van der Waals surface area contributed by atoms with Gasteiger partial charge >= 0.3 is 0 Å². The number of rotatable bonds is 3. The van der Waals surface area contributed by atoms with Crippen molar-refractivity contribution in [1.29, 1.82) is 0 Å². The summed E-state index contributed by atoms with van der Waals surface area (Å²) in [5.41, 5.74) is 1.10. The largest absolute Gasteiger partial charge is 0.376 e. The van der Waals surface area contributed by atoms with Gasteiger partial charge in [-0.1, -0.05) is 56.4 Å². The van der Waals surface area contributed by atoms with E-state index in [2.05, 4.69) is 19.2 Å². The maximum absolute atomic E-state index is 5.23. The average Bonchev–Trinajstić information content (AvgIpc) is 2.15. The molecule has 1 N–H and O–H groups in total. The van der Waals surface area contributed by atoms with Crippen LogP contribution in [0.5, 0.6) is 0 Å². The van der Waals surface area contributed by atoms with Crippen LogP contribution in [0.3, 0.4) is 0 Å². The smallest absolute Gasteiger partial charge is 0.106 e. The summed E-state index contributed by atoms with van der Waals surface area (Å²) in [7, 11) is 0. The molecule has 1 aromatic rings. The van der Waals surface area contributed by atoms with Crippen molar-refractivity contribution in [2.45, 2.75) is 13.8 Å². The Hall–Kier alpha value is -0.890. The number of thiocarbonyl (C=S) groups is 1. The Morgan fingerprint density at radius 2 is 1.92 bits per heavy atom. The van der Waals surface area contributed by atoms with Crippen LogP contribution in [0.25, 0.3) is 0 Å². The molecule has 1 nitrogen and oxygen atoms in total. The SMILES string of the molecule is CC(C)CNC(=S)c1ccccc1. The van der Waals surface area contributed by atoms with E-state index < -0.39 is 0 Å². The molecule has 0 spiro atoms.